The third kappa shape index (κ3) is 3.69. The van der Waals surface area contributed by atoms with Crippen molar-refractivity contribution in [2.45, 2.75) is 46.6 Å². The van der Waals surface area contributed by atoms with E-state index >= 15 is 0 Å². The van der Waals surface area contributed by atoms with Gasteiger partial charge in [0.05, 0.1) is 0 Å². The number of Topliss-reactive ketones (excluding diaryl/α,β-unsaturated/α-hetero) is 1. The monoisotopic (exact) mass is 220 g/mol. The van der Waals surface area contributed by atoms with Crippen LogP contribution in [0, 0.1) is 13.8 Å². The molecule has 0 unspecified atom stereocenters. The molecule has 16 heavy (non-hydrogen) atoms. The predicted molar refractivity (Wildman–Crippen MR) is 65.9 cm³/mol. The first-order valence-corrected chi connectivity index (χ1v) is 5.56. The number of ketones is 1. The molecule has 1 aromatic rings. The molecule has 0 aliphatic heterocycles. The molecule has 0 atom stereocenters. The number of rotatable bonds is 4. The number of ether oxygens (including phenoxy) is 1. The van der Waals surface area contributed by atoms with Crippen molar-refractivity contribution in [2.24, 2.45) is 0 Å². The molecule has 0 aliphatic carbocycles. The van der Waals surface area contributed by atoms with Gasteiger partial charge in [-0.15, -0.1) is 0 Å². The zero-order chi connectivity index (χ0) is 12.3. The molecule has 0 spiro atoms. The van der Waals surface area contributed by atoms with Gasteiger partial charge in [0.15, 0.2) is 0 Å². The summed E-state index contributed by atoms with van der Waals surface area (Å²) in [6.07, 6.45) is 0.431. The lowest BCUT2D eigenvalue weighted by Crippen LogP contribution is -2.30. The molecule has 0 radical (unpaired) electrons. The van der Waals surface area contributed by atoms with Crippen LogP contribution in [0.1, 0.15) is 38.3 Å². The molecule has 0 aliphatic rings. The summed E-state index contributed by atoms with van der Waals surface area (Å²) < 4.78 is 5.88. The summed E-state index contributed by atoms with van der Waals surface area (Å²) >= 11 is 0. The van der Waals surface area contributed by atoms with Gasteiger partial charge in [0.1, 0.15) is 17.1 Å². The molecule has 0 amide bonds. The SMILES string of the molecule is CC(=O)CC(C)(C)Oc1ccc(C)cc1C. The molecular weight excluding hydrogens is 200 g/mol. The second kappa shape index (κ2) is 4.69. The van der Waals surface area contributed by atoms with Crippen LogP contribution in [0.15, 0.2) is 18.2 Å². The third-order valence-electron chi connectivity index (χ3n) is 2.39. The van der Waals surface area contributed by atoms with Crippen LogP contribution in [0.3, 0.4) is 0 Å². The van der Waals surface area contributed by atoms with E-state index in [-0.39, 0.29) is 5.78 Å². The number of hydrogen-bond donors (Lipinski definition) is 0. The summed E-state index contributed by atoms with van der Waals surface area (Å²) in [5, 5.41) is 0. The summed E-state index contributed by atoms with van der Waals surface area (Å²) in [6.45, 7) is 9.54. The van der Waals surface area contributed by atoms with Crippen molar-refractivity contribution in [3.63, 3.8) is 0 Å². The first kappa shape index (κ1) is 12.8. The number of carbonyl (C=O) groups excluding carboxylic acids is 1. The van der Waals surface area contributed by atoms with Crippen LogP contribution < -0.4 is 4.74 Å². The lowest BCUT2D eigenvalue weighted by molar-refractivity contribution is -0.120. The maximum atomic E-state index is 11.1. The lowest BCUT2D eigenvalue weighted by Gasteiger charge is -2.26. The van der Waals surface area contributed by atoms with Crippen LogP contribution >= 0.6 is 0 Å². The average Bonchev–Trinajstić information content (AvgIpc) is 2.07. The highest BCUT2D eigenvalue weighted by atomic mass is 16.5. The van der Waals surface area contributed by atoms with Crippen LogP contribution in [-0.4, -0.2) is 11.4 Å². The van der Waals surface area contributed by atoms with Crippen molar-refractivity contribution in [1.82, 2.24) is 0 Å². The van der Waals surface area contributed by atoms with Gasteiger partial charge in [-0.2, -0.15) is 0 Å². The topological polar surface area (TPSA) is 26.3 Å². The van der Waals surface area contributed by atoms with E-state index < -0.39 is 5.60 Å². The molecule has 0 N–H and O–H groups in total. The molecule has 0 heterocycles. The highest BCUT2D eigenvalue weighted by Gasteiger charge is 2.22. The Morgan fingerprint density at radius 2 is 1.94 bits per heavy atom. The summed E-state index contributed by atoms with van der Waals surface area (Å²) in [4.78, 5) is 11.1. The van der Waals surface area contributed by atoms with E-state index in [0.717, 1.165) is 11.3 Å². The minimum atomic E-state index is -0.439. The van der Waals surface area contributed by atoms with E-state index in [1.165, 1.54) is 5.56 Å². The van der Waals surface area contributed by atoms with Crippen molar-refractivity contribution >= 4 is 5.78 Å². The minimum absolute atomic E-state index is 0.148. The van der Waals surface area contributed by atoms with Gasteiger partial charge in [-0.25, -0.2) is 0 Å². The van der Waals surface area contributed by atoms with Crippen molar-refractivity contribution in [1.29, 1.82) is 0 Å². The highest BCUT2D eigenvalue weighted by molar-refractivity contribution is 5.76. The number of benzene rings is 1. The normalized spacial score (nSPS) is 11.3. The molecule has 0 aromatic heterocycles. The van der Waals surface area contributed by atoms with Crippen LogP contribution in [0.5, 0.6) is 5.75 Å². The standard InChI is InChI=1S/C14H20O2/c1-10-6-7-13(11(2)8-10)16-14(4,5)9-12(3)15/h6-8H,9H2,1-5H3. The van der Waals surface area contributed by atoms with Crippen LogP contribution in [-0.2, 0) is 4.79 Å². The summed E-state index contributed by atoms with van der Waals surface area (Å²) in [6, 6.07) is 6.07. The Balaban J connectivity index is 2.83. The van der Waals surface area contributed by atoms with E-state index in [2.05, 4.69) is 13.0 Å². The maximum absolute atomic E-state index is 11.1. The fraction of sp³-hybridized carbons (Fsp3) is 0.500. The maximum Gasteiger partial charge on any atom is 0.133 e. The predicted octanol–water partition coefficient (Wildman–Crippen LogP) is 3.44. The van der Waals surface area contributed by atoms with Gasteiger partial charge in [0.2, 0.25) is 0 Å². The first-order chi connectivity index (χ1) is 7.30. The van der Waals surface area contributed by atoms with Crippen molar-refractivity contribution in [3.8, 4) is 5.75 Å². The average molecular weight is 220 g/mol. The van der Waals surface area contributed by atoms with Crippen molar-refractivity contribution in [2.75, 3.05) is 0 Å². The summed E-state index contributed by atoms with van der Waals surface area (Å²) in [5.74, 6) is 1.01. The van der Waals surface area contributed by atoms with Gasteiger partial charge in [-0.3, -0.25) is 4.79 Å². The highest BCUT2D eigenvalue weighted by Crippen LogP contribution is 2.25. The van der Waals surface area contributed by atoms with Crippen molar-refractivity contribution < 1.29 is 9.53 Å². The third-order valence-corrected chi connectivity index (χ3v) is 2.39. The molecule has 1 aromatic carbocycles. The Kier molecular flexibility index (Phi) is 3.74. The molecule has 2 nitrogen and oxygen atoms in total. The number of hydrogen-bond acceptors (Lipinski definition) is 2. The van der Waals surface area contributed by atoms with Gasteiger partial charge in [-0.1, -0.05) is 17.7 Å². The Hall–Kier alpha value is -1.31. The molecule has 1 rings (SSSR count). The molecular formula is C14H20O2. The van der Waals surface area contributed by atoms with Gasteiger partial charge in [0.25, 0.3) is 0 Å². The first-order valence-electron chi connectivity index (χ1n) is 5.56. The Morgan fingerprint density at radius 3 is 2.44 bits per heavy atom. The Morgan fingerprint density at radius 1 is 1.31 bits per heavy atom. The van der Waals surface area contributed by atoms with E-state index in [9.17, 15) is 4.79 Å². The van der Waals surface area contributed by atoms with E-state index in [0.29, 0.717) is 6.42 Å². The molecule has 2 heteroatoms. The summed E-state index contributed by atoms with van der Waals surface area (Å²) in [5.41, 5.74) is 1.89. The minimum Gasteiger partial charge on any atom is -0.487 e. The zero-order valence-corrected chi connectivity index (χ0v) is 10.8. The molecule has 0 fully saturated rings. The Labute approximate surface area is 97.6 Å². The zero-order valence-electron chi connectivity index (χ0n) is 10.8. The van der Waals surface area contributed by atoms with Crippen LogP contribution in [0.2, 0.25) is 0 Å². The van der Waals surface area contributed by atoms with Gasteiger partial charge >= 0.3 is 0 Å². The van der Waals surface area contributed by atoms with Gasteiger partial charge in [-0.05, 0) is 46.2 Å². The van der Waals surface area contributed by atoms with Gasteiger partial charge in [0, 0.05) is 6.42 Å². The fourth-order valence-corrected chi connectivity index (χ4v) is 1.85. The smallest absolute Gasteiger partial charge is 0.133 e. The number of carbonyl (C=O) groups is 1. The van der Waals surface area contributed by atoms with Crippen LogP contribution in [0.4, 0.5) is 0 Å². The fourth-order valence-electron chi connectivity index (χ4n) is 1.85. The quantitative estimate of drug-likeness (QED) is 0.777. The molecule has 88 valence electrons. The largest absolute Gasteiger partial charge is 0.487 e. The molecule has 0 saturated carbocycles. The van der Waals surface area contributed by atoms with E-state index in [1.54, 1.807) is 6.92 Å². The second-order valence-electron chi connectivity index (χ2n) is 5.01. The second-order valence-corrected chi connectivity index (χ2v) is 5.01. The van der Waals surface area contributed by atoms with Crippen molar-refractivity contribution in [3.05, 3.63) is 29.3 Å². The van der Waals surface area contributed by atoms with E-state index in [4.69, 9.17) is 4.74 Å². The molecule has 0 saturated heterocycles. The molecule has 0 bridgehead atoms. The number of aryl methyl sites for hydroxylation is 2. The van der Waals surface area contributed by atoms with Crippen LogP contribution in [0.25, 0.3) is 0 Å². The van der Waals surface area contributed by atoms with E-state index in [1.807, 2.05) is 32.9 Å². The lowest BCUT2D eigenvalue weighted by atomic mass is 10.0. The Bertz CT molecular complexity index is 392. The summed E-state index contributed by atoms with van der Waals surface area (Å²) in [7, 11) is 0. The van der Waals surface area contributed by atoms with Gasteiger partial charge < -0.3 is 4.74 Å².